The van der Waals surface area contributed by atoms with E-state index in [2.05, 4.69) is 67.3 Å². The van der Waals surface area contributed by atoms with E-state index < -0.39 is 0 Å². The first-order valence-electron chi connectivity index (χ1n) is 7.62. The van der Waals surface area contributed by atoms with Crippen molar-refractivity contribution in [1.82, 2.24) is 10.2 Å². The molecule has 0 saturated carbocycles. The molecule has 0 aliphatic carbocycles. The number of nitrogens with zero attached hydrogens (tertiary/aromatic N) is 2. The van der Waals surface area contributed by atoms with Gasteiger partial charge in [-0.25, -0.2) is 0 Å². The van der Waals surface area contributed by atoms with E-state index in [9.17, 15) is 0 Å². The highest BCUT2D eigenvalue weighted by atomic mass is 127. The van der Waals surface area contributed by atoms with E-state index >= 15 is 0 Å². The molecule has 4 nitrogen and oxygen atoms in total. The molecular formula is C17H30IN3O. The van der Waals surface area contributed by atoms with Crippen LogP contribution in [0.5, 0.6) is 0 Å². The van der Waals surface area contributed by atoms with Crippen LogP contribution in [0.3, 0.4) is 0 Å². The van der Waals surface area contributed by atoms with Crippen molar-refractivity contribution in [1.29, 1.82) is 0 Å². The van der Waals surface area contributed by atoms with Crippen LogP contribution in [0.4, 0.5) is 0 Å². The van der Waals surface area contributed by atoms with E-state index in [-0.39, 0.29) is 24.0 Å². The average Bonchev–Trinajstić information content (AvgIpc) is 2.45. The van der Waals surface area contributed by atoms with E-state index in [0.29, 0.717) is 6.10 Å². The second kappa shape index (κ2) is 11.7. The highest BCUT2D eigenvalue weighted by molar-refractivity contribution is 14.0. The van der Waals surface area contributed by atoms with Gasteiger partial charge >= 0.3 is 0 Å². The Morgan fingerprint density at radius 3 is 2.59 bits per heavy atom. The minimum Gasteiger partial charge on any atom is -0.379 e. The van der Waals surface area contributed by atoms with Crippen molar-refractivity contribution in [2.75, 3.05) is 27.2 Å². The number of hydrogen-bond acceptors (Lipinski definition) is 2. The summed E-state index contributed by atoms with van der Waals surface area (Å²) in [7, 11) is 3.88. The summed E-state index contributed by atoms with van der Waals surface area (Å²) in [6.07, 6.45) is 1.28. The fourth-order valence-electron chi connectivity index (χ4n) is 2.09. The summed E-state index contributed by atoms with van der Waals surface area (Å²) in [5, 5.41) is 3.38. The Kier molecular flexibility index (Phi) is 11.3. The number of nitrogens with one attached hydrogen (secondary N) is 1. The Morgan fingerprint density at radius 1 is 1.32 bits per heavy atom. The van der Waals surface area contributed by atoms with Gasteiger partial charge in [-0.1, -0.05) is 24.3 Å². The first-order valence-corrected chi connectivity index (χ1v) is 7.62. The molecule has 0 bridgehead atoms. The number of aryl methyl sites for hydroxylation is 1. The van der Waals surface area contributed by atoms with Crippen molar-refractivity contribution in [3.63, 3.8) is 0 Å². The molecule has 5 heteroatoms. The van der Waals surface area contributed by atoms with Crippen LogP contribution >= 0.6 is 24.0 Å². The number of rotatable bonds is 7. The van der Waals surface area contributed by atoms with Gasteiger partial charge in [0.05, 0.1) is 6.10 Å². The standard InChI is InChI=1S/C17H29N3O.HI/c1-14(2)21-12-8-11-19-17(18-4)20(5)13-16-10-7-6-9-15(16)3;/h6-7,9-10,14H,8,11-13H2,1-5H3,(H,18,19);1H. The highest BCUT2D eigenvalue weighted by Crippen LogP contribution is 2.09. The van der Waals surface area contributed by atoms with Gasteiger partial charge < -0.3 is 15.0 Å². The summed E-state index contributed by atoms with van der Waals surface area (Å²) in [5.74, 6) is 0.919. The molecule has 0 saturated heterocycles. The molecule has 1 rings (SSSR count). The third-order valence-electron chi connectivity index (χ3n) is 3.30. The fraction of sp³-hybridized carbons (Fsp3) is 0.588. The van der Waals surface area contributed by atoms with E-state index in [0.717, 1.165) is 32.1 Å². The normalized spacial score (nSPS) is 11.3. The minimum absolute atomic E-state index is 0. The first-order chi connectivity index (χ1) is 10.0. The van der Waals surface area contributed by atoms with Crippen LogP contribution in [0.1, 0.15) is 31.4 Å². The van der Waals surface area contributed by atoms with Crippen LogP contribution in [0.2, 0.25) is 0 Å². The fourth-order valence-corrected chi connectivity index (χ4v) is 2.09. The molecule has 0 aromatic heterocycles. The maximum absolute atomic E-state index is 5.54. The minimum atomic E-state index is 0. The topological polar surface area (TPSA) is 36.9 Å². The van der Waals surface area contributed by atoms with Crippen molar-refractivity contribution in [2.45, 2.75) is 39.8 Å². The molecular weight excluding hydrogens is 389 g/mol. The van der Waals surface area contributed by atoms with Crippen LogP contribution in [0.25, 0.3) is 0 Å². The zero-order valence-corrected chi connectivity index (χ0v) is 16.8. The Balaban J connectivity index is 0.00000441. The summed E-state index contributed by atoms with van der Waals surface area (Å²) in [4.78, 5) is 6.48. The molecule has 0 aliphatic rings. The zero-order chi connectivity index (χ0) is 15.7. The number of aliphatic imine (C=N–C) groups is 1. The lowest BCUT2D eigenvalue weighted by Crippen LogP contribution is -2.39. The van der Waals surface area contributed by atoms with Gasteiger partial charge in [-0.3, -0.25) is 4.99 Å². The summed E-state index contributed by atoms with van der Waals surface area (Å²) in [6, 6.07) is 8.45. The van der Waals surface area contributed by atoms with Gasteiger partial charge in [-0.2, -0.15) is 0 Å². The lowest BCUT2D eigenvalue weighted by Gasteiger charge is -2.23. The van der Waals surface area contributed by atoms with Crippen molar-refractivity contribution < 1.29 is 4.74 Å². The predicted octanol–water partition coefficient (Wildman–Crippen LogP) is 3.44. The lowest BCUT2D eigenvalue weighted by atomic mass is 10.1. The number of halogens is 1. The van der Waals surface area contributed by atoms with Gasteiger partial charge in [0.15, 0.2) is 5.96 Å². The van der Waals surface area contributed by atoms with E-state index in [1.807, 2.05) is 7.05 Å². The molecule has 0 unspecified atom stereocenters. The quantitative estimate of drug-likeness (QED) is 0.319. The van der Waals surface area contributed by atoms with Crippen molar-refractivity contribution in [3.05, 3.63) is 35.4 Å². The molecule has 1 N–H and O–H groups in total. The van der Waals surface area contributed by atoms with Crippen molar-refractivity contribution in [2.24, 2.45) is 4.99 Å². The summed E-state index contributed by atoms with van der Waals surface area (Å²) in [5.41, 5.74) is 2.64. The zero-order valence-electron chi connectivity index (χ0n) is 14.4. The molecule has 22 heavy (non-hydrogen) atoms. The summed E-state index contributed by atoms with van der Waals surface area (Å²) >= 11 is 0. The van der Waals surface area contributed by atoms with Crippen LogP contribution in [0.15, 0.2) is 29.3 Å². The lowest BCUT2D eigenvalue weighted by molar-refractivity contribution is 0.0776. The molecule has 0 radical (unpaired) electrons. The van der Waals surface area contributed by atoms with Crippen LogP contribution < -0.4 is 5.32 Å². The van der Waals surface area contributed by atoms with Crippen LogP contribution in [-0.2, 0) is 11.3 Å². The molecule has 0 fully saturated rings. The monoisotopic (exact) mass is 419 g/mol. The molecule has 0 aliphatic heterocycles. The molecule has 0 spiro atoms. The number of ether oxygens (including phenoxy) is 1. The second-order valence-corrected chi connectivity index (χ2v) is 5.53. The van der Waals surface area contributed by atoms with Gasteiger partial charge in [-0.15, -0.1) is 24.0 Å². The van der Waals surface area contributed by atoms with Crippen molar-refractivity contribution in [3.8, 4) is 0 Å². The molecule has 0 atom stereocenters. The van der Waals surface area contributed by atoms with Gasteiger partial charge in [0.2, 0.25) is 0 Å². The Bertz CT molecular complexity index is 449. The van der Waals surface area contributed by atoms with Crippen LogP contribution in [0, 0.1) is 6.92 Å². The molecule has 126 valence electrons. The largest absolute Gasteiger partial charge is 0.379 e. The summed E-state index contributed by atoms with van der Waals surface area (Å²) in [6.45, 7) is 8.77. The number of benzene rings is 1. The maximum Gasteiger partial charge on any atom is 0.193 e. The third-order valence-corrected chi connectivity index (χ3v) is 3.30. The average molecular weight is 419 g/mol. The number of guanidine groups is 1. The Hall–Kier alpha value is -0.820. The molecule has 0 amide bonds. The third kappa shape index (κ3) is 7.98. The smallest absolute Gasteiger partial charge is 0.193 e. The molecule has 1 aromatic carbocycles. The van der Waals surface area contributed by atoms with E-state index in [1.165, 1.54) is 11.1 Å². The first kappa shape index (κ1) is 21.2. The van der Waals surface area contributed by atoms with Gasteiger partial charge in [-0.05, 0) is 38.3 Å². The van der Waals surface area contributed by atoms with Gasteiger partial charge in [0, 0.05) is 33.8 Å². The number of hydrogen-bond donors (Lipinski definition) is 1. The highest BCUT2D eigenvalue weighted by Gasteiger charge is 2.07. The predicted molar refractivity (Wildman–Crippen MR) is 105 cm³/mol. The summed E-state index contributed by atoms with van der Waals surface area (Å²) < 4.78 is 5.54. The maximum atomic E-state index is 5.54. The van der Waals surface area contributed by atoms with E-state index in [1.54, 1.807) is 0 Å². The molecule has 1 aromatic rings. The second-order valence-electron chi connectivity index (χ2n) is 5.53. The van der Waals surface area contributed by atoms with Gasteiger partial charge in [0.25, 0.3) is 0 Å². The van der Waals surface area contributed by atoms with Gasteiger partial charge in [0.1, 0.15) is 0 Å². The SMILES string of the molecule is CN=C(NCCCOC(C)C)N(C)Cc1ccccc1C.I. The Labute approximate surface area is 152 Å². The Morgan fingerprint density at radius 2 is 2.00 bits per heavy atom. The van der Waals surface area contributed by atoms with Crippen LogP contribution in [-0.4, -0.2) is 44.2 Å². The molecule has 0 heterocycles. The van der Waals surface area contributed by atoms with E-state index in [4.69, 9.17) is 4.74 Å². The van der Waals surface area contributed by atoms with Crippen molar-refractivity contribution >= 4 is 29.9 Å².